The molecule has 0 radical (unpaired) electrons. The first-order valence-corrected chi connectivity index (χ1v) is 11.1. The van der Waals surface area contributed by atoms with Crippen molar-refractivity contribution in [2.24, 2.45) is 5.41 Å². The highest BCUT2D eigenvalue weighted by molar-refractivity contribution is 7.91. The largest absolute Gasteiger partial charge is 0.393 e. The Morgan fingerprint density at radius 2 is 1.83 bits per heavy atom. The van der Waals surface area contributed by atoms with E-state index in [9.17, 15) is 18.0 Å². The summed E-state index contributed by atoms with van der Waals surface area (Å²) in [4.78, 5) is 29.0. The second kappa shape index (κ2) is 8.47. The number of rotatable bonds is 6. The summed E-state index contributed by atoms with van der Waals surface area (Å²) in [6, 6.07) is 4.75. The molecule has 2 heterocycles. The van der Waals surface area contributed by atoms with Crippen LogP contribution in [-0.4, -0.2) is 29.6 Å². The Bertz CT molecular complexity index is 1130. The second-order valence-electron chi connectivity index (χ2n) is 8.53. The van der Waals surface area contributed by atoms with Gasteiger partial charge in [-0.25, -0.2) is 13.4 Å². The summed E-state index contributed by atoms with van der Waals surface area (Å²) in [5.41, 5.74) is 11.7. The zero-order valence-corrected chi connectivity index (χ0v) is 18.8. The summed E-state index contributed by atoms with van der Waals surface area (Å²) < 4.78 is 26.6. The first-order valence-electron chi connectivity index (χ1n) is 9.42. The summed E-state index contributed by atoms with van der Waals surface area (Å²) in [6.07, 6.45) is 0. The van der Waals surface area contributed by atoms with Crippen molar-refractivity contribution >= 4 is 27.2 Å². The highest BCUT2D eigenvalue weighted by atomic mass is 32.2. The highest BCUT2D eigenvalue weighted by Crippen LogP contribution is 2.25. The van der Waals surface area contributed by atoms with E-state index >= 15 is 0 Å². The van der Waals surface area contributed by atoms with Crippen LogP contribution in [0.15, 0.2) is 27.9 Å². The Labute approximate surface area is 176 Å². The zero-order chi connectivity index (χ0) is 22.9. The third kappa shape index (κ3) is 5.59. The molecule has 0 spiro atoms. The number of nitrogen functional groups attached to an aromatic ring is 2. The molecular formula is C20H29N5O4S. The number of hydrogen-bond donors (Lipinski definition) is 3. The number of sulfone groups is 1. The van der Waals surface area contributed by atoms with Crippen LogP contribution >= 0.6 is 0 Å². The smallest absolute Gasteiger partial charge is 0.275 e. The van der Waals surface area contributed by atoms with Gasteiger partial charge in [0.15, 0.2) is 9.84 Å². The van der Waals surface area contributed by atoms with Gasteiger partial charge >= 0.3 is 0 Å². The fraction of sp³-hybridized carbons (Fsp3) is 0.450. The van der Waals surface area contributed by atoms with Crippen LogP contribution in [0.3, 0.4) is 0 Å². The minimum absolute atomic E-state index is 0.150. The number of carbonyl (C=O) groups excluding carboxylic acids is 1. The molecule has 0 saturated heterocycles. The summed E-state index contributed by atoms with van der Waals surface area (Å²) >= 11 is 0. The number of aryl methyl sites for hydroxylation is 2. The maximum atomic E-state index is 12.7. The number of anilines is 2. The molecule has 164 valence electrons. The van der Waals surface area contributed by atoms with Crippen molar-refractivity contribution in [1.29, 1.82) is 0 Å². The van der Waals surface area contributed by atoms with Crippen LogP contribution in [0.25, 0.3) is 0 Å². The molecule has 1 amide bonds. The average Bonchev–Trinajstić information content (AvgIpc) is 2.58. The van der Waals surface area contributed by atoms with Crippen LogP contribution in [-0.2, 0) is 27.7 Å². The van der Waals surface area contributed by atoms with Crippen LogP contribution in [0, 0.1) is 19.3 Å². The van der Waals surface area contributed by atoms with Crippen molar-refractivity contribution in [3.05, 3.63) is 45.5 Å². The van der Waals surface area contributed by atoms with E-state index in [-0.39, 0.29) is 29.4 Å². The molecule has 2 rings (SSSR count). The van der Waals surface area contributed by atoms with Crippen molar-refractivity contribution < 1.29 is 13.2 Å². The van der Waals surface area contributed by atoms with E-state index in [1.165, 1.54) is 6.07 Å². The van der Waals surface area contributed by atoms with E-state index in [2.05, 4.69) is 10.3 Å². The fourth-order valence-electron chi connectivity index (χ4n) is 3.05. The molecule has 2 aromatic heterocycles. The standard InChI is InChI=1S/C20H29N5O4S/c1-12-8-15(30(28,29)11-20(3,4)5)18(22)19(27)25(12)10-17(26)23-9-14-6-7-16(21)24-13(14)2/h6-8H,9-11,22H2,1-5H3,(H2,21,24)(H,23,26). The average molecular weight is 436 g/mol. The topological polar surface area (TPSA) is 150 Å². The SMILES string of the molecule is Cc1nc(N)ccc1CNC(=O)Cn1c(C)cc(S(=O)(=O)CC(C)(C)C)c(N)c1=O. The molecule has 0 aliphatic rings. The van der Waals surface area contributed by atoms with Crippen molar-refractivity contribution in [3.63, 3.8) is 0 Å². The van der Waals surface area contributed by atoms with E-state index in [0.717, 1.165) is 10.1 Å². The minimum Gasteiger partial charge on any atom is -0.393 e. The number of nitrogens with zero attached hydrogens (tertiary/aromatic N) is 2. The molecule has 0 aliphatic heterocycles. The Morgan fingerprint density at radius 3 is 2.40 bits per heavy atom. The van der Waals surface area contributed by atoms with Gasteiger partial charge in [0.1, 0.15) is 18.1 Å². The van der Waals surface area contributed by atoms with Crippen LogP contribution in [0.5, 0.6) is 0 Å². The van der Waals surface area contributed by atoms with Gasteiger partial charge in [0.25, 0.3) is 5.56 Å². The Balaban J connectivity index is 2.23. The normalized spacial score (nSPS) is 12.0. The summed E-state index contributed by atoms with van der Waals surface area (Å²) in [5, 5.41) is 2.72. The molecule has 5 N–H and O–H groups in total. The molecule has 0 unspecified atom stereocenters. The van der Waals surface area contributed by atoms with Gasteiger partial charge < -0.3 is 21.4 Å². The van der Waals surface area contributed by atoms with E-state index in [4.69, 9.17) is 11.5 Å². The van der Waals surface area contributed by atoms with Gasteiger partial charge in [-0.3, -0.25) is 9.59 Å². The number of nitrogens with two attached hydrogens (primary N) is 2. The molecule has 9 nitrogen and oxygen atoms in total. The molecule has 10 heteroatoms. The Kier molecular flexibility index (Phi) is 6.60. The lowest BCUT2D eigenvalue weighted by Crippen LogP contribution is -2.35. The monoisotopic (exact) mass is 435 g/mol. The van der Waals surface area contributed by atoms with Crippen molar-refractivity contribution in [2.45, 2.75) is 52.6 Å². The maximum Gasteiger partial charge on any atom is 0.275 e. The number of hydrogen-bond acceptors (Lipinski definition) is 7. The summed E-state index contributed by atoms with van der Waals surface area (Å²) in [7, 11) is -3.75. The maximum absolute atomic E-state index is 12.7. The van der Waals surface area contributed by atoms with E-state index in [1.54, 1.807) is 46.8 Å². The van der Waals surface area contributed by atoms with Crippen LogP contribution in [0.1, 0.15) is 37.7 Å². The second-order valence-corrected chi connectivity index (χ2v) is 10.5. The van der Waals surface area contributed by atoms with Gasteiger partial charge in [0.2, 0.25) is 5.91 Å². The van der Waals surface area contributed by atoms with Gasteiger partial charge in [-0.15, -0.1) is 0 Å². The van der Waals surface area contributed by atoms with E-state index < -0.39 is 26.7 Å². The van der Waals surface area contributed by atoms with Gasteiger partial charge in [-0.2, -0.15) is 0 Å². The first-order chi connectivity index (χ1) is 13.7. The fourth-order valence-corrected chi connectivity index (χ4v) is 5.12. The first kappa shape index (κ1) is 23.4. The molecule has 0 bridgehead atoms. The molecule has 2 aromatic rings. The number of nitrogens with one attached hydrogen (secondary N) is 1. The third-order valence-electron chi connectivity index (χ3n) is 4.46. The Morgan fingerprint density at radius 1 is 1.20 bits per heavy atom. The molecule has 0 aromatic carbocycles. The molecule has 0 atom stereocenters. The number of pyridine rings is 2. The molecular weight excluding hydrogens is 406 g/mol. The van der Waals surface area contributed by atoms with E-state index in [1.807, 2.05) is 0 Å². The predicted molar refractivity (Wildman–Crippen MR) is 117 cm³/mol. The van der Waals surface area contributed by atoms with Crippen LogP contribution < -0.4 is 22.3 Å². The van der Waals surface area contributed by atoms with Crippen LogP contribution in [0.4, 0.5) is 11.5 Å². The summed E-state index contributed by atoms with van der Waals surface area (Å²) in [6.45, 7) is 8.66. The van der Waals surface area contributed by atoms with Crippen molar-refractivity contribution in [1.82, 2.24) is 14.9 Å². The highest BCUT2D eigenvalue weighted by Gasteiger charge is 2.27. The summed E-state index contributed by atoms with van der Waals surface area (Å²) in [5.74, 6) is -0.175. The third-order valence-corrected chi connectivity index (χ3v) is 6.71. The van der Waals surface area contributed by atoms with Crippen molar-refractivity contribution in [2.75, 3.05) is 17.2 Å². The molecule has 0 aliphatic carbocycles. The zero-order valence-electron chi connectivity index (χ0n) is 17.9. The molecule has 30 heavy (non-hydrogen) atoms. The lowest BCUT2D eigenvalue weighted by atomic mass is 10.0. The number of amides is 1. The Hall–Kier alpha value is -2.88. The van der Waals surface area contributed by atoms with Gasteiger partial charge in [0, 0.05) is 17.9 Å². The minimum atomic E-state index is -3.75. The number of carbonyl (C=O) groups is 1. The molecule has 0 fully saturated rings. The predicted octanol–water partition coefficient (Wildman–Crippen LogP) is 1.16. The lowest BCUT2D eigenvalue weighted by molar-refractivity contribution is -0.121. The lowest BCUT2D eigenvalue weighted by Gasteiger charge is -2.20. The van der Waals surface area contributed by atoms with Gasteiger partial charge in [-0.05, 0) is 37.0 Å². The molecule has 0 saturated carbocycles. The van der Waals surface area contributed by atoms with Gasteiger partial charge in [0.05, 0.1) is 10.6 Å². The van der Waals surface area contributed by atoms with Crippen LogP contribution in [0.2, 0.25) is 0 Å². The van der Waals surface area contributed by atoms with E-state index in [0.29, 0.717) is 17.2 Å². The van der Waals surface area contributed by atoms with Gasteiger partial charge in [-0.1, -0.05) is 26.8 Å². The quantitative estimate of drug-likeness (QED) is 0.616. The number of aromatic nitrogens is 2. The van der Waals surface area contributed by atoms with Crippen molar-refractivity contribution in [3.8, 4) is 0 Å².